The Morgan fingerprint density at radius 2 is 1.57 bits per heavy atom. The first-order valence-corrected chi connectivity index (χ1v) is 9.10. The van der Waals surface area contributed by atoms with Crippen LogP contribution in [0.4, 0.5) is 0 Å². The van der Waals surface area contributed by atoms with Gasteiger partial charge < -0.3 is 19.4 Å². The lowest BCUT2D eigenvalue weighted by Gasteiger charge is -2.38. The topological polar surface area (TPSA) is 53.1 Å². The van der Waals surface area contributed by atoms with Crippen LogP contribution in [0.3, 0.4) is 0 Å². The molecule has 0 aromatic carbocycles. The van der Waals surface area contributed by atoms with E-state index in [0.29, 0.717) is 25.6 Å². The molecule has 3 fully saturated rings. The molecule has 3 saturated heterocycles. The van der Waals surface area contributed by atoms with Gasteiger partial charge in [0.2, 0.25) is 5.91 Å². The van der Waals surface area contributed by atoms with Gasteiger partial charge in [-0.05, 0) is 32.2 Å². The molecule has 0 saturated carbocycles. The number of piperidine rings is 1. The highest BCUT2D eigenvalue weighted by Gasteiger charge is 2.34. The summed E-state index contributed by atoms with van der Waals surface area (Å²) in [6.45, 7) is 8.99. The minimum absolute atomic E-state index is 0.0942. The molecule has 0 aromatic rings. The first-order valence-electron chi connectivity index (χ1n) is 9.10. The maximum absolute atomic E-state index is 12.7. The summed E-state index contributed by atoms with van der Waals surface area (Å²) in [5, 5.41) is 0. The Bertz CT molecular complexity index is 421. The number of likely N-dealkylation sites (N-methyl/N-ethyl adjacent to an activating group) is 1. The Morgan fingerprint density at radius 1 is 0.913 bits per heavy atom. The normalized spacial score (nSPS) is 27.4. The molecular weight excluding hydrogens is 294 g/mol. The van der Waals surface area contributed by atoms with Crippen LogP contribution in [0.25, 0.3) is 0 Å². The molecule has 0 N–H and O–H groups in total. The molecule has 0 spiro atoms. The van der Waals surface area contributed by atoms with E-state index >= 15 is 0 Å². The fourth-order valence-corrected chi connectivity index (χ4v) is 3.87. The predicted octanol–water partition coefficient (Wildman–Crippen LogP) is 0.568. The molecule has 3 heterocycles. The van der Waals surface area contributed by atoms with Crippen LogP contribution in [-0.2, 0) is 14.3 Å². The zero-order valence-electron chi connectivity index (χ0n) is 14.2. The van der Waals surface area contributed by atoms with E-state index in [4.69, 9.17) is 4.74 Å². The lowest BCUT2D eigenvalue weighted by molar-refractivity contribution is -0.146. The largest absolute Gasteiger partial charge is 0.368 e. The second-order valence-electron chi connectivity index (χ2n) is 6.86. The van der Waals surface area contributed by atoms with E-state index in [1.165, 1.54) is 0 Å². The molecule has 0 radical (unpaired) electrons. The van der Waals surface area contributed by atoms with Crippen LogP contribution in [-0.4, -0.2) is 85.0 Å². The van der Waals surface area contributed by atoms with Gasteiger partial charge in [0.15, 0.2) is 0 Å². The van der Waals surface area contributed by atoms with Gasteiger partial charge in [0.1, 0.15) is 6.10 Å². The number of amides is 2. The van der Waals surface area contributed by atoms with Crippen LogP contribution in [0, 0.1) is 5.92 Å². The number of rotatable bonds is 3. The van der Waals surface area contributed by atoms with Crippen molar-refractivity contribution in [3.05, 3.63) is 0 Å². The summed E-state index contributed by atoms with van der Waals surface area (Å²) in [7, 11) is 0. The highest BCUT2D eigenvalue weighted by molar-refractivity contribution is 5.82. The third-order valence-electron chi connectivity index (χ3n) is 5.49. The summed E-state index contributed by atoms with van der Waals surface area (Å²) in [5.74, 6) is 0.520. The van der Waals surface area contributed by atoms with E-state index in [1.807, 2.05) is 9.80 Å². The van der Waals surface area contributed by atoms with Crippen molar-refractivity contribution in [2.75, 3.05) is 52.4 Å². The fraction of sp³-hybridized carbons (Fsp3) is 0.882. The van der Waals surface area contributed by atoms with Crippen molar-refractivity contribution in [3.63, 3.8) is 0 Å². The summed E-state index contributed by atoms with van der Waals surface area (Å²) in [6, 6.07) is 0. The van der Waals surface area contributed by atoms with Crippen LogP contribution in [0.5, 0.6) is 0 Å². The fourth-order valence-electron chi connectivity index (χ4n) is 3.87. The average Bonchev–Trinajstić information content (AvgIpc) is 3.15. The smallest absolute Gasteiger partial charge is 0.251 e. The molecule has 1 atom stereocenters. The van der Waals surface area contributed by atoms with Crippen LogP contribution in [0.1, 0.15) is 32.6 Å². The molecule has 3 rings (SSSR count). The van der Waals surface area contributed by atoms with Gasteiger partial charge in [-0.3, -0.25) is 9.59 Å². The van der Waals surface area contributed by atoms with Crippen molar-refractivity contribution in [1.29, 1.82) is 0 Å². The van der Waals surface area contributed by atoms with Gasteiger partial charge in [0, 0.05) is 51.8 Å². The Morgan fingerprint density at radius 3 is 2.13 bits per heavy atom. The summed E-state index contributed by atoms with van der Waals surface area (Å²) in [6.07, 6.45) is 3.19. The second kappa shape index (κ2) is 7.62. The Kier molecular flexibility index (Phi) is 5.54. The third kappa shape index (κ3) is 3.86. The van der Waals surface area contributed by atoms with Crippen LogP contribution < -0.4 is 0 Å². The van der Waals surface area contributed by atoms with E-state index in [9.17, 15) is 9.59 Å². The van der Waals surface area contributed by atoms with Gasteiger partial charge in [0.05, 0.1) is 0 Å². The van der Waals surface area contributed by atoms with Gasteiger partial charge in [-0.2, -0.15) is 0 Å². The maximum atomic E-state index is 12.7. The number of hydrogen-bond acceptors (Lipinski definition) is 4. The summed E-state index contributed by atoms with van der Waals surface area (Å²) in [5.41, 5.74) is 0. The molecule has 3 aliphatic rings. The zero-order valence-corrected chi connectivity index (χ0v) is 14.2. The van der Waals surface area contributed by atoms with Crippen LogP contribution in [0.15, 0.2) is 0 Å². The number of carbonyl (C=O) groups excluding carboxylic acids is 2. The minimum atomic E-state index is -0.232. The van der Waals surface area contributed by atoms with E-state index in [2.05, 4.69) is 11.8 Å². The highest BCUT2D eigenvalue weighted by Crippen LogP contribution is 2.23. The van der Waals surface area contributed by atoms with Crippen molar-refractivity contribution in [2.45, 2.75) is 38.7 Å². The van der Waals surface area contributed by atoms with E-state index in [0.717, 1.165) is 58.4 Å². The van der Waals surface area contributed by atoms with Gasteiger partial charge in [-0.1, -0.05) is 6.92 Å². The number of hydrogen-bond donors (Lipinski definition) is 0. The third-order valence-corrected chi connectivity index (χ3v) is 5.49. The Hall–Kier alpha value is -1.14. The van der Waals surface area contributed by atoms with Crippen LogP contribution >= 0.6 is 0 Å². The van der Waals surface area contributed by atoms with Crippen molar-refractivity contribution < 1.29 is 14.3 Å². The molecule has 23 heavy (non-hydrogen) atoms. The first kappa shape index (κ1) is 16.7. The molecule has 1 unspecified atom stereocenters. The van der Waals surface area contributed by atoms with Crippen molar-refractivity contribution in [2.24, 2.45) is 5.92 Å². The molecule has 2 amide bonds. The molecule has 6 heteroatoms. The number of carbonyl (C=O) groups is 2. The highest BCUT2D eigenvalue weighted by atomic mass is 16.5. The number of piperazine rings is 1. The molecular formula is C17H29N3O3. The average molecular weight is 323 g/mol. The van der Waals surface area contributed by atoms with Gasteiger partial charge in [-0.15, -0.1) is 0 Å². The predicted molar refractivity (Wildman–Crippen MR) is 87.0 cm³/mol. The quantitative estimate of drug-likeness (QED) is 0.762. The van der Waals surface area contributed by atoms with E-state index < -0.39 is 0 Å². The number of nitrogens with zero attached hydrogens (tertiary/aromatic N) is 3. The lowest BCUT2D eigenvalue weighted by Crippen LogP contribution is -2.52. The minimum Gasteiger partial charge on any atom is -0.368 e. The monoisotopic (exact) mass is 323 g/mol. The van der Waals surface area contributed by atoms with Gasteiger partial charge >= 0.3 is 0 Å². The summed E-state index contributed by atoms with van der Waals surface area (Å²) < 4.78 is 5.49. The van der Waals surface area contributed by atoms with Crippen molar-refractivity contribution in [1.82, 2.24) is 14.7 Å². The van der Waals surface area contributed by atoms with E-state index in [-0.39, 0.29) is 17.9 Å². The number of likely N-dealkylation sites (tertiary alicyclic amines) is 1. The van der Waals surface area contributed by atoms with Crippen LogP contribution in [0.2, 0.25) is 0 Å². The van der Waals surface area contributed by atoms with E-state index in [1.54, 1.807) is 0 Å². The molecule has 0 aliphatic carbocycles. The second-order valence-corrected chi connectivity index (χ2v) is 6.86. The zero-order chi connectivity index (χ0) is 16.2. The van der Waals surface area contributed by atoms with Gasteiger partial charge in [0.25, 0.3) is 5.91 Å². The van der Waals surface area contributed by atoms with Gasteiger partial charge in [-0.25, -0.2) is 0 Å². The molecule has 130 valence electrons. The molecule has 0 bridgehead atoms. The summed E-state index contributed by atoms with van der Waals surface area (Å²) >= 11 is 0. The van der Waals surface area contributed by atoms with Crippen molar-refractivity contribution in [3.8, 4) is 0 Å². The SMILES string of the molecule is CCN1CCN(C(=O)C2CCN(C(=O)C3CCCO3)CC2)CC1. The Balaban J connectivity index is 1.45. The molecule has 0 aromatic heterocycles. The summed E-state index contributed by atoms with van der Waals surface area (Å²) in [4.78, 5) is 31.3. The molecule has 6 nitrogen and oxygen atoms in total. The number of ether oxygens (including phenoxy) is 1. The lowest BCUT2D eigenvalue weighted by atomic mass is 9.94. The Labute approximate surface area is 138 Å². The first-order chi connectivity index (χ1) is 11.2. The van der Waals surface area contributed by atoms with Crippen molar-refractivity contribution >= 4 is 11.8 Å². The molecule has 3 aliphatic heterocycles. The standard InChI is InChI=1S/C17H29N3O3/c1-2-18-9-11-20(12-10-18)16(21)14-5-7-19(8-6-14)17(22)15-4-3-13-23-15/h14-15H,2-13H2,1H3. The maximum Gasteiger partial charge on any atom is 0.251 e.